The second-order valence-electron chi connectivity index (χ2n) is 3.92. The lowest BCUT2D eigenvalue weighted by Gasteiger charge is -2.08. The number of carbonyl (C=O) groups excluding carboxylic acids is 1. The summed E-state index contributed by atoms with van der Waals surface area (Å²) in [6.07, 6.45) is 1.84. The van der Waals surface area contributed by atoms with E-state index >= 15 is 0 Å². The zero-order valence-electron chi connectivity index (χ0n) is 10.3. The lowest BCUT2D eigenvalue weighted by atomic mass is 10.3. The van der Waals surface area contributed by atoms with Crippen LogP contribution in [0, 0.1) is 0 Å². The average Bonchev–Trinajstić information content (AvgIpc) is 2.82. The van der Waals surface area contributed by atoms with Crippen molar-refractivity contribution < 1.29 is 9.53 Å². The maximum atomic E-state index is 11.8. The van der Waals surface area contributed by atoms with Crippen LogP contribution < -0.4 is 10.1 Å². The highest BCUT2D eigenvalue weighted by atomic mass is 16.5. The third-order valence-corrected chi connectivity index (χ3v) is 2.58. The Labute approximate surface area is 106 Å². The van der Waals surface area contributed by atoms with Crippen LogP contribution in [0.3, 0.4) is 0 Å². The number of benzene rings is 1. The van der Waals surface area contributed by atoms with E-state index in [-0.39, 0.29) is 5.91 Å². The van der Waals surface area contributed by atoms with E-state index in [1.165, 1.54) is 0 Å². The molecule has 0 radical (unpaired) electrons. The Bertz CT molecular complexity index is 506. The van der Waals surface area contributed by atoms with Crippen molar-refractivity contribution in [2.24, 2.45) is 7.05 Å². The van der Waals surface area contributed by atoms with Crippen molar-refractivity contribution in [3.63, 3.8) is 0 Å². The van der Waals surface area contributed by atoms with Gasteiger partial charge in [0, 0.05) is 13.2 Å². The molecular formula is C14H16N2O2. The van der Waals surface area contributed by atoms with Gasteiger partial charge in [-0.2, -0.15) is 0 Å². The predicted molar refractivity (Wildman–Crippen MR) is 69.7 cm³/mol. The summed E-state index contributed by atoms with van der Waals surface area (Å²) in [4.78, 5) is 11.8. The molecule has 4 heteroatoms. The molecule has 1 amide bonds. The Kier molecular flexibility index (Phi) is 4.02. The molecule has 1 heterocycles. The number of nitrogens with zero attached hydrogens (tertiary/aromatic N) is 1. The van der Waals surface area contributed by atoms with Crippen molar-refractivity contribution in [3.8, 4) is 5.75 Å². The summed E-state index contributed by atoms with van der Waals surface area (Å²) in [5, 5.41) is 2.81. The van der Waals surface area contributed by atoms with Crippen molar-refractivity contribution in [1.29, 1.82) is 0 Å². The molecule has 0 aliphatic rings. The van der Waals surface area contributed by atoms with Gasteiger partial charge in [0.25, 0.3) is 5.91 Å². The number of para-hydroxylation sites is 1. The molecule has 0 aliphatic heterocycles. The van der Waals surface area contributed by atoms with Gasteiger partial charge in [-0.25, -0.2) is 0 Å². The molecule has 0 atom stereocenters. The van der Waals surface area contributed by atoms with Crippen molar-refractivity contribution in [3.05, 3.63) is 54.4 Å². The molecule has 1 aromatic carbocycles. The highest BCUT2D eigenvalue weighted by molar-refractivity contribution is 5.92. The van der Waals surface area contributed by atoms with E-state index in [2.05, 4.69) is 5.32 Å². The fourth-order valence-corrected chi connectivity index (χ4v) is 1.64. The Balaban J connectivity index is 1.73. The molecule has 18 heavy (non-hydrogen) atoms. The third kappa shape index (κ3) is 3.13. The van der Waals surface area contributed by atoms with Crippen LogP contribution in [-0.2, 0) is 7.05 Å². The van der Waals surface area contributed by atoms with E-state index in [0.717, 1.165) is 5.75 Å². The van der Waals surface area contributed by atoms with Gasteiger partial charge in [0.1, 0.15) is 18.1 Å². The summed E-state index contributed by atoms with van der Waals surface area (Å²) in [5.41, 5.74) is 0.648. The summed E-state index contributed by atoms with van der Waals surface area (Å²) < 4.78 is 7.27. The van der Waals surface area contributed by atoms with E-state index in [1.807, 2.05) is 49.6 Å². The zero-order chi connectivity index (χ0) is 12.8. The molecule has 1 aromatic heterocycles. The van der Waals surface area contributed by atoms with E-state index in [0.29, 0.717) is 18.8 Å². The fraction of sp³-hybridized carbons (Fsp3) is 0.214. The molecule has 0 unspecified atom stereocenters. The summed E-state index contributed by atoms with van der Waals surface area (Å²) in [5.74, 6) is 0.727. The van der Waals surface area contributed by atoms with Crippen LogP contribution in [0.2, 0.25) is 0 Å². The topological polar surface area (TPSA) is 43.3 Å². The number of hydrogen-bond donors (Lipinski definition) is 1. The first-order valence-electron chi connectivity index (χ1n) is 5.85. The number of hydrogen-bond acceptors (Lipinski definition) is 2. The van der Waals surface area contributed by atoms with E-state index in [1.54, 1.807) is 10.6 Å². The summed E-state index contributed by atoms with van der Waals surface area (Å²) in [6, 6.07) is 13.2. The average molecular weight is 244 g/mol. The van der Waals surface area contributed by atoms with Gasteiger partial charge in [0.15, 0.2) is 0 Å². The maximum absolute atomic E-state index is 11.8. The molecule has 0 bridgehead atoms. The van der Waals surface area contributed by atoms with Gasteiger partial charge in [-0.15, -0.1) is 0 Å². The highest BCUT2D eigenvalue weighted by Crippen LogP contribution is 2.07. The van der Waals surface area contributed by atoms with E-state index in [9.17, 15) is 4.79 Å². The number of carbonyl (C=O) groups is 1. The SMILES string of the molecule is Cn1cccc1C(=O)NCCOc1ccccc1. The smallest absolute Gasteiger partial charge is 0.268 e. The standard InChI is InChI=1S/C14H16N2O2/c1-16-10-5-8-13(16)14(17)15-9-11-18-12-6-3-2-4-7-12/h2-8,10H,9,11H2,1H3,(H,15,17). The number of aryl methyl sites for hydroxylation is 1. The summed E-state index contributed by atoms with van der Waals surface area (Å²) in [7, 11) is 1.84. The first-order chi connectivity index (χ1) is 8.77. The second kappa shape index (κ2) is 5.91. The largest absolute Gasteiger partial charge is 0.492 e. The molecule has 0 saturated carbocycles. The minimum absolute atomic E-state index is 0.0841. The first kappa shape index (κ1) is 12.2. The van der Waals surface area contributed by atoms with Crippen LogP contribution in [-0.4, -0.2) is 23.6 Å². The van der Waals surface area contributed by atoms with Gasteiger partial charge in [0.2, 0.25) is 0 Å². The van der Waals surface area contributed by atoms with Gasteiger partial charge < -0.3 is 14.6 Å². The van der Waals surface area contributed by atoms with E-state index < -0.39 is 0 Å². The van der Waals surface area contributed by atoms with Crippen LogP contribution in [0.15, 0.2) is 48.7 Å². The van der Waals surface area contributed by atoms with Crippen molar-refractivity contribution in [2.45, 2.75) is 0 Å². The lowest BCUT2D eigenvalue weighted by Crippen LogP contribution is -2.29. The molecule has 1 N–H and O–H groups in total. The molecule has 2 rings (SSSR count). The number of rotatable bonds is 5. The summed E-state index contributed by atoms with van der Waals surface area (Å²) >= 11 is 0. The zero-order valence-corrected chi connectivity index (χ0v) is 10.3. The molecule has 0 spiro atoms. The number of amides is 1. The quantitative estimate of drug-likeness (QED) is 0.815. The number of aromatic nitrogens is 1. The fourth-order valence-electron chi connectivity index (χ4n) is 1.64. The van der Waals surface area contributed by atoms with Crippen molar-refractivity contribution >= 4 is 5.91 Å². The van der Waals surface area contributed by atoms with Crippen LogP contribution >= 0.6 is 0 Å². The normalized spacial score (nSPS) is 10.1. The van der Waals surface area contributed by atoms with Crippen LogP contribution in [0.4, 0.5) is 0 Å². The minimum Gasteiger partial charge on any atom is -0.492 e. The van der Waals surface area contributed by atoms with Crippen LogP contribution in [0.5, 0.6) is 5.75 Å². The molecule has 4 nitrogen and oxygen atoms in total. The Morgan fingerprint density at radius 1 is 1.22 bits per heavy atom. The third-order valence-electron chi connectivity index (χ3n) is 2.58. The Morgan fingerprint density at radius 3 is 2.67 bits per heavy atom. The van der Waals surface area contributed by atoms with Crippen LogP contribution in [0.1, 0.15) is 10.5 Å². The molecule has 0 aliphatic carbocycles. The number of nitrogens with one attached hydrogen (secondary N) is 1. The van der Waals surface area contributed by atoms with Gasteiger partial charge in [0.05, 0.1) is 6.54 Å². The van der Waals surface area contributed by atoms with Gasteiger partial charge in [-0.05, 0) is 24.3 Å². The predicted octanol–water partition coefficient (Wildman–Crippen LogP) is 1.83. The molecule has 94 valence electrons. The van der Waals surface area contributed by atoms with Crippen molar-refractivity contribution in [1.82, 2.24) is 9.88 Å². The highest BCUT2D eigenvalue weighted by Gasteiger charge is 2.07. The van der Waals surface area contributed by atoms with E-state index in [4.69, 9.17) is 4.74 Å². The summed E-state index contributed by atoms with van der Waals surface area (Å²) in [6.45, 7) is 0.944. The Morgan fingerprint density at radius 2 is 2.00 bits per heavy atom. The number of ether oxygens (including phenoxy) is 1. The maximum Gasteiger partial charge on any atom is 0.268 e. The van der Waals surface area contributed by atoms with Gasteiger partial charge >= 0.3 is 0 Å². The first-order valence-corrected chi connectivity index (χ1v) is 5.85. The molecule has 0 saturated heterocycles. The monoisotopic (exact) mass is 244 g/mol. The van der Waals surface area contributed by atoms with Crippen LogP contribution in [0.25, 0.3) is 0 Å². The van der Waals surface area contributed by atoms with Gasteiger partial charge in [-0.3, -0.25) is 4.79 Å². The minimum atomic E-state index is -0.0841. The second-order valence-corrected chi connectivity index (χ2v) is 3.92. The Hall–Kier alpha value is -2.23. The lowest BCUT2D eigenvalue weighted by molar-refractivity contribution is 0.0939. The molecule has 2 aromatic rings. The molecular weight excluding hydrogens is 228 g/mol. The van der Waals surface area contributed by atoms with Crippen molar-refractivity contribution in [2.75, 3.05) is 13.2 Å². The molecule has 0 fully saturated rings. The van der Waals surface area contributed by atoms with Gasteiger partial charge in [-0.1, -0.05) is 18.2 Å².